The predicted octanol–water partition coefficient (Wildman–Crippen LogP) is 3.04. The monoisotopic (exact) mass is 377 g/mol. The van der Waals surface area contributed by atoms with Crippen LogP contribution >= 0.6 is 0 Å². The van der Waals surface area contributed by atoms with Gasteiger partial charge in [0.1, 0.15) is 10.7 Å². The van der Waals surface area contributed by atoms with Gasteiger partial charge in [0.15, 0.2) is 5.76 Å². The van der Waals surface area contributed by atoms with E-state index >= 15 is 0 Å². The molecule has 3 heterocycles. The number of hydrogen-bond acceptors (Lipinski definition) is 6. The summed E-state index contributed by atoms with van der Waals surface area (Å²) in [5.74, 6) is 0.460. The van der Waals surface area contributed by atoms with Crippen molar-refractivity contribution in [2.24, 2.45) is 0 Å². The van der Waals surface area contributed by atoms with Gasteiger partial charge in [0.05, 0.1) is 6.26 Å². The van der Waals surface area contributed by atoms with Crippen molar-refractivity contribution in [3.8, 4) is 11.7 Å². The van der Waals surface area contributed by atoms with Crippen LogP contribution in [0, 0.1) is 5.82 Å². The van der Waals surface area contributed by atoms with Crippen molar-refractivity contribution in [3.63, 3.8) is 0 Å². The van der Waals surface area contributed by atoms with Crippen molar-refractivity contribution in [1.82, 2.24) is 14.5 Å². The van der Waals surface area contributed by atoms with Crippen LogP contribution in [0.2, 0.25) is 0 Å². The van der Waals surface area contributed by atoms with E-state index in [0.29, 0.717) is 30.4 Å². The third-order valence-electron chi connectivity index (χ3n) is 4.43. The Labute approximate surface area is 149 Å². The zero-order valence-electron chi connectivity index (χ0n) is 13.7. The highest BCUT2D eigenvalue weighted by atomic mass is 32.2. The predicted molar refractivity (Wildman–Crippen MR) is 89.1 cm³/mol. The third-order valence-corrected chi connectivity index (χ3v) is 6.36. The standard InChI is InChI=1S/C17H16FN3O4S/c18-13-4-1-2-6-15(13)26(22,23)21-9-7-12(8-10-21)16-19-20-17(25-16)14-5-3-11-24-14/h1-6,11-12H,7-10H2. The van der Waals surface area contributed by atoms with Crippen molar-refractivity contribution in [3.05, 3.63) is 54.4 Å². The topological polar surface area (TPSA) is 89.4 Å². The van der Waals surface area contributed by atoms with E-state index in [1.807, 2.05) is 0 Å². The molecule has 1 aliphatic rings. The molecule has 0 saturated carbocycles. The van der Waals surface area contributed by atoms with E-state index < -0.39 is 15.8 Å². The van der Waals surface area contributed by atoms with Crippen molar-refractivity contribution in [2.75, 3.05) is 13.1 Å². The molecule has 0 unspecified atom stereocenters. The molecule has 1 aromatic carbocycles. The summed E-state index contributed by atoms with van der Waals surface area (Å²) < 4.78 is 51.3. The fourth-order valence-electron chi connectivity index (χ4n) is 3.04. The fourth-order valence-corrected chi connectivity index (χ4v) is 4.57. The van der Waals surface area contributed by atoms with Crippen LogP contribution in [-0.4, -0.2) is 36.0 Å². The van der Waals surface area contributed by atoms with Crippen LogP contribution in [0.3, 0.4) is 0 Å². The highest BCUT2D eigenvalue weighted by Crippen LogP contribution is 2.32. The average molecular weight is 377 g/mol. The summed E-state index contributed by atoms with van der Waals surface area (Å²) in [5.41, 5.74) is 0. The molecular formula is C17H16FN3O4S. The van der Waals surface area contributed by atoms with Crippen LogP contribution in [0.5, 0.6) is 0 Å². The second kappa shape index (κ2) is 6.65. The first-order valence-electron chi connectivity index (χ1n) is 8.17. The van der Waals surface area contributed by atoms with Gasteiger partial charge in [-0.2, -0.15) is 4.31 Å². The Bertz CT molecular complexity index is 993. The number of hydrogen-bond donors (Lipinski definition) is 0. The largest absolute Gasteiger partial charge is 0.459 e. The van der Waals surface area contributed by atoms with Gasteiger partial charge in [0, 0.05) is 19.0 Å². The number of halogens is 1. The smallest absolute Gasteiger partial charge is 0.283 e. The molecule has 1 saturated heterocycles. The number of aromatic nitrogens is 2. The van der Waals surface area contributed by atoms with Crippen molar-refractivity contribution >= 4 is 10.0 Å². The molecule has 0 bridgehead atoms. The molecule has 136 valence electrons. The van der Waals surface area contributed by atoms with E-state index in [2.05, 4.69) is 10.2 Å². The van der Waals surface area contributed by atoms with Gasteiger partial charge in [0.25, 0.3) is 5.89 Å². The lowest BCUT2D eigenvalue weighted by Crippen LogP contribution is -2.38. The Kier molecular flexibility index (Phi) is 4.33. The Morgan fingerprint density at radius 2 is 1.85 bits per heavy atom. The average Bonchev–Trinajstić information content (AvgIpc) is 3.33. The summed E-state index contributed by atoms with van der Waals surface area (Å²) in [6, 6.07) is 8.86. The molecule has 0 N–H and O–H groups in total. The van der Waals surface area contributed by atoms with Gasteiger partial charge in [0.2, 0.25) is 15.9 Å². The number of nitrogens with zero attached hydrogens (tertiary/aromatic N) is 3. The van der Waals surface area contributed by atoms with Crippen LogP contribution < -0.4 is 0 Å². The summed E-state index contributed by atoms with van der Waals surface area (Å²) in [5, 5.41) is 8.02. The number of sulfonamides is 1. The van der Waals surface area contributed by atoms with Gasteiger partial charge in [-0.1, -0.05) is 12.1 Å². The van der Waals surface area contributed by atoms with Crippen LogP contribution in [0.25, 0.3) is 11.7 Å². The third kappa shape index (κ3) is 3.04. The summed E-state index contributed by atoms with van der Waals surface area (Å²) in [6.45, 7) is 0.527. The molecule has 1 fully saturated rings. The van der Waals surface area contributed by atoms with E-state index in [1.54, 1.807) is 12.1 Å². The molecule has 1 aliphatic heterocycles. The Hall–Kier alpha value is -2.52. The van der Waals surface area contributed by atoms with Crippen molar-refractivity contribution in [2.45, 2.75) is 23.7 Å². The minimum Gasteiger partial charge on any atom is -0.459 e. The molecular weight excluding hydrogens is 361 g/mol. The summed E-state index contributed by atoms with van der Waals surface area (Å²) in [6.07, 6.45) is 2.56. The molecule has 0 amide bonds. The van der Waals surface area contributed by atoms with Gasteiger partial charge >= 0.3 is 0 Å². The van der Waals surface area contributed by atoms with E-state index in [1.165, 1.54) is 28.8 Å². The van der Waals surface area contributed by atoms with E-state index in [9.17, 15) is 12.8 Å². The Morgan fingerprint density at radius 3 is 2.54 bits per heavy atom. The lowest BCUT2D eigenvalue weighted by molar-refractivity contribution is 0.290. The second-order valence-electron chi connectivity index (χ2n) is 6.03. The van der Waals surface area contributed by atoms with Crippen LogP contribution in [0.1, 0.15) is 24.7 Å². The van der Waals surface area contributed by atoms with E-state index in [0.717, 1.165) is 6.07 Å². The van der Waals surface area contributed by atoms with Gasteiger partial charge in [-0.15, -0.1) is 10.2 Å². The molecule has 0 aliphatic carbocycles. The van der Waals surface area contributed by atoms with Crippen molar-refractivity contribution in [1.29, 1.82) is 0 Å². The van der Waals surface area contributed by atoms with Gasteiger partial charge < -0.3 is 8.83 Å². The Morgan fingerprint density at radius 1 is 1.08 bits per heavy atom. The molecule has 4 rings (SSSR count). The molecule has 0 spiro atoms. The Balaban J connectivity index is 1.47. The molecule has 0 atom stereocenters. The zero-order valence-corrected chi connectivity index (χ0v) is 14.5. The lowest BCUT2D eigenvalue weighted by Gasteiger charge is -2.29. The summed E-state index contributed by atoms with van der Waals surface area (Å²) in [7, 11) is -3.85. The normalized spacial score (nSPS) is 16.8. The molecule has 9 heteroatoms. The van der Waals surface area contributed by atoms with Crippen LogP contribution in [0.4, 0.5) is 4.39 Å². The van der Waals surface area contributed by atoms with Gasteiger partial charge in [-0.3, -0.25) is 0 Å². The minimum absolute atomic E-state index is 0.0433. The molecule has 3 aromatic rings. The fraction of sp³-hybridized carbons (Fsp3) is 0.294. The maximum atomic E-state index is 13.9. The first kappa shape index (κ1) is 16.9. The maximum absolute atomic E-state index is 13.9. The van der Waals surface area contributed by atoms with Crippen molar-refractivity contribution < 1.29 is 21.6 Å². The van der Waals surface area contributed by atoms with Gasteiger partial charge in [-0.25, -0.2) is 12.8 Å². The lowest BCUT2D eigenvalue weighted by atomic mass is 9.98. The first-order chi connectivity index (χ1) is 12.6. The summed E-state index contributed by atoms with van der Waals surface area (Å²) in [4.78, 5) is -0.295. The first-order valence-corrected chi connectivity index (χ1v) is 9.61. The molecule has 26 heavy (non-hydrogen) atoms. The van der Waals surface area contributed by atoms with E-state index in [-0.39, 0.29) is 23.9 Å². The molecule has 7 nitrogen and oxygen atoms in total. The quantitative estimate of drug-likeness (QED) is 0.694. The number of rotatable bonds is 4. The number of piperidine rings is 1. The zero-order chi connectivity index (χ0) is 18.1. The summed E-state index contributed by atoms with van der Waals surface area (Å²) >= 11 is 0. The van der Waals surface area contributed by atoms with Crippen LogP contribution in [-0.2, 0) is 10.0 Å². The minimum atomic E-state index is -3.85. The van der Waals surface area contributed by atoms with Gasteiger partial charge in [-0.05, 0) is 37.1 Å². The van der Waals surface area contributed by atoms with E-state index in [4.69, 9.17) is 8.83 Å². The molecule has 2 aromatic heterocycles. The maximum Gasteiger partial charge on any atom is 0.283 e. The number of furan rings is 1. The SMILES string of the molecule is O=S(=O)(c1ccccc1F)N1CCC(c2nnc(-c3ccco3)o2)CC1. The van der Waals surface area contributed by atoms with Crippen LogP contribution in [0.15, 0.2) is 56.4 Å². The highest BCUT2D eigenvalue weighted by Gasteiger charge is 2.33. The highest BCUT2D eigenvalue weighted by molar-refractivity contribution is 7.89. The molecule has 0 radical (unpaired) electrons. The second-order valence-corrected chi connectivity index (χ2v) is 7.94. The number of benzene rings is 1.